The Bertz CT molecular complexity index is 465. The van der Waals surface area contributed by atoms with Gasteiger partial charge < -0.3 is 10.1 Å². The first-order valence-electron chi connectivity index (χ1n) is 5.65. The summed E-state index contributed by atoms with van der Waals surface area (Å²) >= 11 is 3.37. The maximum atomic E-state index is 11.4. The van der Waals surface area contributed by atoms with Gasteiger partial charge in [0, 0.05) is 16.3 Å². The molecule has 3 nitrogen and oxygen atoms in total. The molecule has 0 spiro atoms. The Morgan fingerprint density at radius 3 is 2.72 bits per heavy atom. The fourth-order valence-corrected chi connectivity index (χ4v) is 3.11. The van der Waals surface area contributed by atoms with Gasteiger partial charge in [0.1, 0.15) is 0 Å². The summed E-state index contributed by atoms with van der Waals surface area (Å²) in [5.41, 5.74) is 0. The molecule has 1 atom stereocenters. The summed E-state index contributed by atoms with van der Waals surface area (Å²) in [5, 5.41) is 7.48. The van der Waals surface area contributed by atoms with Gasteiger partial charge in [-0.15, -0.1) is 22.7 Å². The second-order valence-electron chi connectivity index (χ2n) is 3.81. The van der Waals surface area contributed by atoms with Crippen molar-refractivity contribution in [3.8, 4) is 0 Å². The topological polar surface area (TPSA) is 38.3 Å². The van der Waals surface area contributed by atoms with Gasteiger partial charge in [-0.3, -0.25) is 4.79 Å². The van der Waals surface area contributed by atoms with Crippen molar-refractivity contribution >= 4 is 28.6 Å². The van der Waals surface area contributed by atoms with E-state index in [0.717, 1.165) is 11.4 Å². The standard InChI is InChI=1S/C13H15NO2S2/c1-16-13(15)8-11(12-5-3-7-18-12)14-9-10-4-2-6-17-10/h2-7,11,14H,8-9H2,1H3. The Kier molecular flexibility index (Phi) is 4.92. The van der Waals surface area contributed by atoms with Crippen LogP contribution in [0.1, 0.15) is 22.2 Å². The average Bonchev–Trinajstić information content (AvgIpc) is 3.06. The molecule has 0 bridgehead atoms. The Hall–Kier alpha value is -1.17. The van der Waals surface area contributed by atoms with Crippen LogP contribution in [-0.2, 0) is 16.1 Å². The summed E-state index contributed by atoms with van der Waals surface area (Å²) in [6.45, 7) is 0.775. The molecule has 18 heavy (non-hydrogen) atoms. The van der Waals surface area contributed by atoms with Crippen LogP contribution in [0, 0.1) is 0 Å². The lowest BCUT2D eigenvalue weighted by molar-refractivity contribution is -0.141. The van der Waals surface area contributed by atoms with Gasteiger partial charge >= 0.3 is 5.97 Å². The van der Waals surface area contributed by atoms with Crippen LogP contribution in [0.25, 0.3) is 0 Å². The fourth-order valence-electron chi connectivity index (χ4n) is 1.65. The minimum absolute atomic E-state index is 0.0274. The number of methoxy groups -OCH3 is 1. The van der Waals surface area contributed by atoms with Crippen LogP contribution in [-0.4, -0.2) is 13.1 Å². The minimum Gasteiger partial charge on any atom is -0.469 e. The van der Waals surface area contributed by atoms with E-state index in [2.05, 4.69) is 16.8 Å². The molecular formula is C13H15NO2S2. The number of ether oxygens (including phenoxy) is 1. The lowest BCUT2D eigenvalue weighted by Crippen LogP contribution is -2.23. The van der Waals surface area contributed by atoms with E-state index in [0.29, 0.717) is 6.42 Å². The van der Waals surface area contributed by atoms with E-state index in [4.69, 9.17) is 4.74 Å². The van der Waals surface area contributed by atoms with Gasteiger partial charge in [-0.1, -0.05) is 12.1 Å². The van der Waals surface area contributed by atoms with Crippen LogP contribution in [0.2, 0.25) is 0 Å². The molecule has 0 aliphatic carbocycles. The lowest BCUT2D eigenvalue weighted by atomic mass is 10.1. The third-order valence-electron chi connectivity index (χ3n) is 2.59. The molecule has 0 radical (unpaired) electrons. The maximum absolute atomic E-state index is 11.4. The number of esters is 1. The summed E-state index contributed by atoms with van der Waals surface area (Å²) in [6.07, 6.45) is 0.363. The zero-order chi connectivity index (χ0) is 12.8. The van der Waals surface area contributed by atoms with Gasteiger partial charge in [0.25, 0.3) is 0 Å². The average molecular weight is 281 g/mol. The van der Waals surface area contributed by atoms with E-state index < -0.39 is 0 Å². The quantitative estimate of drug-likeness (QED) is 0.826. The molecule has 0 aromatic carbocycles. The van der Waals surface area contributed by atoms with E-state index >= 15 is 0 Å². The molecule has 2 aromatic rings. The molecule has 0 saturated carbocycles. The Balaban J connectivity index is 1.98. The highest BCUT2D eigenvalue weighted by atomic mass is 32.1. The first-order chi connectivity index (χ1) is 8.79. The predicted octanol–water partition coefficient (Wildman–Crippen LogP) is 3.20. The summed E-state index contributed by atoms with van der Waals surface area (Å²) in [6, 6.07) is 8.18. The monoisotopic (exact) mass is 281 g/mol. The van der Waals surface area contributed by atoms with E-state index in [1.807, 2.05) is 23.6 Å². The van der Waals surface area contributed by atoms with Gasteiger partial charge in [-0.2, -0.15) is 0 Å². The highest BCUT2D eigenvalue weighted by Crippen LogP contribution is 2.23. The predicted molar refractivity (Wildman–Crippen MR) is 74.9 cm³/mol. The molecule has 2 aromatic heterocycles. The van der Waals surface area contributed by atoms with Gasteiger partial charge in [-0.25, -0.2) is 0 Å². The molecule has 1 unspecified atom stereocenters. The van der Waals surface area contributed by atoms with Crippen molar-refractivity contribution in [1.29, 1.82) is 0 Å². The van der Waals surface area contributed by atoms with Crippen LogP contribution in [0.3, 0.4) is 0 Å². The summed E-state index contributed by atoms with van der Waals surface area (Å²) in [4.78, 5) is 13.9. The molecule has 96 valence electrons. The number of carbonyl (C=O) groups excluding carboxylic acids is 1. The maximum Gasteiger partial charge on any atom is 0.307 e. The SMILES string of the molecule is COC(=O)CC(NCc1cccs1)c1cccs1. The number of hydrogen-bond acceptors (Lipinski definition) is 5. The highest BCUT2D eigenvalue weighted by molar-refractivity contribution is 7.10. The Morgan fingerprint density at radius 1 is 1.33 bits per heavy atom. The van der Waals surface area contributed by atoms with Crippen molar-refractivity contribution in [2.45, 2.75) is 19.0 Å². The highest BCUT2D eigenvalue weighted by Gasteiger charge is 2.17. The second kappa shape index (κ2) is 6.68. The van der Waals surface area contributed by atoms with Gasteiger partial charge in [0.15, 0.2) is 0 Å². The first-order valence-corrected chi connectivity index (χ1v) is 7.41. The molecule has 0 aliphatic rings. The first kappa shape index (κ1) is 13.3. The summed E-state index contributed by atoms with van der Waals surface area (Å²) in [5.74, 6) is -0.188. The molecule has 2 rings (SSSR count). The van der Waals surface area contributed by atoms with Gasteiger partial charge in [-0.05, 0) is 22.9 Å². The van der Waals surface area contributed by atoms with Crippen LogP contribution in [0.5, 0.6) is 0 Å². The Labute approximate surface area is 114 Å². The Morgan fingerprint density at radius 2 is 2.11 bits per heavy atom. The van der Waals surface area contributed by atoms with Gasteiger partial charge in [0.05, 0.1) is 19.6 Å². The van der Waals surface area contributed by atoms with E-state index in [1.54, 1.807) is 22.7 Å². The number of carbonyl (C=O) groups is 1. The molecule has 0 aliphatic heterocycles. The summed E-state index contributed by atoms with van der Waals surface area (Å²) in [7, 11) is 1.42. The minimum atomic E-state index is -0.188. The zero-order valence-electron chi connectivity index (χ0n) is 10.1. The molecule has 0 saturated heterocycles. The fraction of sp³-hybridized carbons (Fsp3) is 0.308. The van der Waals surface area contributed by atoms with Crippen molar-refractivity contribution in [2.75, 3.05) is 7.11 Å². The van der Waals surface area contributed by atoms with Crippen molar-refractivity contribution < 1.29 is 9.53 Å². The normalized spacial score (nSPS) is 12.3. The van der Waals surface area contributed by atoms with Gasteiger partial charge in [0.2, 0.25) is 0 Å². The summed E-state index contributed by atoms with van der Waals surface area (Å²) < 4.78 is 4.74. The number of hydrogen-bond donors (Lipinski definition) is 1. The largest absolute Gasteiger partial charge is 0.469 e. The van der Waals surface area contributed by atoms with Crippen molar-refractivity contribution in [2.24, 2.45) is 0 Å². The third-order valence-corrected chi connectivity index (χ3v) is 4.45. The number of nitrogens with one attached hydrogen (secondary N) is 1. The zero-order valence-corrected chi connectivity index (χ0v) is 11.7. The lowest BCUT2D eigenvalue weighted by Gasteiger charge is -2.15. The molecule has 2 heterocycles. The van der Waals surface area contributed by atoms with E-state index in [-0.39, 0.29) is 12.0 Å². The third kappa shape index (κ3) is 3.66. The molecule has 0 fully saturated rings. The molecule has 0 amide bonds. The van der Waals surface area contributed by atoms with E-state index in [1.165, 1.54) is 12.0 Å². The molecule has 1 N–H and O–H groups in total. The van der Waals surface area contributed by atoms with Crippen molar-refractivity contribution in [1.82, 2.24) is 5.32 Å². The van der Waals surface area contributed by atoms with Crippen LogP contribution in [0.4, 0.5) is 0 Å². The van der Waals surface area contributed by atoms with Crippen LogP contribution < -0.4 is 5.32 Å². The number of thiophene rings is 2. The molecule has 5 heteroatoms. The van der Waals surface area contributed by atoms with E-state index in [9.17, 15) is 4.79 Å². The van der Waals surface area contributed by atoms with Crippen molar-refractivity contribution in [3.63, 3.8) is 0 Å². The van der Waals surface area contributed by atoms with Crippen LogP contribution >= 0.6 is 22.7 Å². The van der Waals surface area contributed by atoms with Crippen LogP contribution in [0.15, 0.2) is 35.0 Å². The van der Waals surface area contributed by atoms with Crippen molar-refractivity contribution in [3.05, 3.63) is 44.8 Å². The number of rotatable bonds is 6. The second-order valence-corrected chi connectivity index (χ2v) is 5.82. The smallest absolute Gasteiger partial charge is 0.307 e. The molecular weight excluding hydrogens is 266 g/mol.